The molecular weight excluding hydrogens is 267 g/mol. The van der Waals surface area contributed by atoms with E-state index in [1.807, 2.05) is 37.3 Å². The van der Waals surface area contributed by atoms with Gasteiger partial charge in [-0.15, -0.1) is 0 Å². The largest absolute Gasteiger partial charge is 0.334 e. The monoisotopic (exact) mass is 284 g/mol. The molecule has 4 heteroatoms. The van der Waals surface area contributed by atoms with Gasteiger partial charge in [-0.3, -0.25) is 0 Å². The van der Waals surface area contributed by atoms with Crippen molar-refractivity contribution in [3.8, 4) is 0 Å². The highest BCUT2D eigenvalue weighted by molar-refractivity contribution is 5.76. The van der Waals surface area contributed by atoms with E-state index in [1.165, 1.54) is 6.07 Å². The van der Waals surface area contributed by atoms with Gasteiger partial charge in [0.05, 0.1) is 0 Å². The summed E-state index contributed by atoms with van der Waals surface area (Å²) in [6.07, 6.45) is 3.39. The quantitative estimate of drug-likeness (QED) is 0.885. The van der Waals surface area contributed by atoms with Gasteiger partial charge in [-0.2, -0.15) is 0 Å². The first-order valence-electron chi connectivity index (χ1n) is 6.67. The van der Waals surface area contributed by atoms with Crippen LogP contribution in [0.1, 0.15) is 16.7 Å². The molecule has 0 saturated carbocycles. The molecule has 2 aromatic carbocycles. The minimum atomic E-state index is -0.372. The van der Waals surface area contributed by atoms with E-state index < -0.39 is 0 Å². The Morgan fingerprint density at radius 2 is 1.86 bits per heavy atom. The highest BCUT2D eigenvalue weighted by Gasteiger charge is 2.02. The van der Waals surface area contributed by atoms with E-state index in [-0.39, 0.29) is 18.4 Å². The SMILES string of the molecule is Cc1ccccc1/C=C/NC(=O)NCc1ccccc1F. The number of rotatable bonds is 4. The lowest BCUT2D eigenvalue weighted by molar-refractivity contribution is 0.243. The number of aryl methyl sites for hydroxylation is 1. The summed E-state index contributed by atoms with van der Waals surface area (Å²) in [4.78, 5) is 11.6. The lowest BCUT2D eigenvalue weighted by atomic mass is 10.1. The Bertz CT molecular complexity index is 653. The molecule has 108 valence electrons. The van der Waals surface area contributed by atoms with Gasteiger partial charge in [-0.1, -0.05) is 42.5 Å². The van der Waals surface area contributed by atoms with Crippen molar-refractivity contribution >= 4 is 12.1 Å². The van der Waals surface area contributed by atoms with Crippen molar-refractivity contribution in [1.29, 1.82) is 0 Å². The Morgan fingerprint density at radius 3 is 2.62 bits per heavy atom. The number of hydrogen-bond acceptors (Lipinski definition) is 1. The number of halogens is 1. The Labute approximate surface area is 123 Å². The van der Waals surface area contributed by atoms with E-state index in [0.717, 1.165) is 11.1 Å². The molecule has 0 fully saturated rings. The molecular formula is C17H17FN2O. The average molecular weight is 284 g/mol. The standard InChI is InChI=1S/C17H17FN2O/c1-13-6-2-3-7-14(13)10-11-19-17(21)20-12-15-8-4-5-9-16(15)18/h2-11H,12H2,1H3,(H2,19,20,21)/b11-10+. The maximum atomic E-state index is 13.4. The van der Waals surface area contributed by atoms with Crippen molar-refractivity contribution in [1.82, 2.24) is 10.6 Å². The number of urea groups is 1. The molecule has 2 amide bonds. The number of benzene rings is 2. The van der Waals surface area contributed by atoms with Gasteiger partial charge in [0.25, 0.3) is 0 Å². The van der Waals surface area contributed by atoms with E-state index in [1.54, 1.807) is 24.4 Å². The molecule has 0 spiro atoms. The molecule has 0 aromatic heterocycles. The van der Waals surface area contributed by atoms with E-state index in [4.69, 9.17) is 0 Å². The number of carbonyl (C=O) groups is 1. The highest BCUT2D eigenvalue weighted by Crippen LogP contribution is 2.08. The van der Waals surface area contributed by atoms with Gasteiger partial charge in [0.15, 0.2) is 0 Å². The predicted octanol–water partition coefficient (Wildman–Crippen LogP) is 3.60. The topological polar surface area (TPSA) is 41.1 Å². The zero-order chi connectivity index (χ0) is 15.1. The smallest absolute Gasteiger partial charge is 0.319 e. The maximum absolute atomic E-state index is 13.4. The van der Waals surface area contributed by atoms with Gasteiger partial charge < -0.3 is 10.6 Å². The van der Waals surface area contributed by atoms with Crippen molar-refractivity contribution in [2.75, 3.05) is 0 Å². The molecule has 0 heterocycles. The van der Waals surface area contributed by atoms with Crippen molar-refractivity contribution in [3.05, 3.63) is 77.2 Å². The minimum absolute atomic E-state index is 0.150. The fraction of sp³-hybridized carbons (Fsp3) is 0.118. The van der Waals surface area contributed by atoms with Crippen molar-refractivity contribution in [2.45, 2.75) is 13.5 Å². The summed E-state index contributed by atoms with van der Waals surface area (Å²) in [6.45, 7) is 2.15. The Morgan fingerprint density at radius 1 is 1.14 bits per heavy atom. The summed E-state index contributed by atoms with van der Waals surface area (Å²) in [7, 11) is 0. The zero-order valence-corrected chi connectivity index (χ0v) is 11.8. The molecule has 0 unspecified atom stereocenters. The molecule has 0 atom stereocenters. The van der Waals surface area contributed by atoms with E-state index in [0.29, 0.717) is 5.56 Å². The van der Waals surface area contributed by atoms with Crippen LogP contribution in [0.15, 0.2) is 54.7 Å². The molecule has 0 bridgehead atoms. The predicted molar refractivity (Wildman–Crippen MR) is 82.0 cm³/mol. The Hall–Kier alpha value is -2.62. The van der Waals surface area contributed by atoms with Crippen molar-refractivity contribution in [2.24, 2.45) is 0 Å². The van der Waals surface area contributed by atoms with Crippen molar-refractivity contribution in [3.63, 3.8) is 0 Å². The third kappa shape index (κ3) is 4.45. The van der Waals surface area contributed by atoms with Crippen LogP contribution in [0.2, 0.25) is 0 Å². The fourth-order valence-corrected chi connectivity index (χ4v) is 1.85. The highest BCUT2D eigenvalue weighted by atomic mass is 19.1. The second-order valence-corrected chi connectivity index (χ2v) is 4.61. The summed E-state index contributed by atoms with van der Waals surface area (Å²) in [6, 6.07) is 13.8. The summed E-state index contributed by atoms with van der Waals surface area (Å²) < 4.78 is 13.4. The lowest BCUT2D eigenvalue weighted by Gasteiger charge is -2.05. The van der Waals surface area contributed by atoms with Crippen molar-refractivity contribution < 1.29 is 9.18 Å². The molecule has 0 aliphatic rings. The molecule has 3 nitrogen and oxygen atoms in total. The molecule has 0 saturated heterocycles. The first-order valence-corrected chi connectivity index (χ1v) is 6.67. The fourth-order valence-electron chi connectivity index (χ4n) is 1.85. The number of carbonyl (C=O) groups excluding carboxylic acids is 1. The van der Waals surface area contributed by atoms with Gasteiger partial charge in [0.1, 0.15) is 5.82 Å². The summed E-state index contributed by atoms with van der Waals surface area (Å²) in [5.74, 6) is -0.326. The van der Waals surface area contributed by atoms with E-state index >= 15 is 0 Å². The van der Waals surface area contributed by atoms with Crippen LogP contribution in [0.3, 0.4) is 0 Å². The molecule has 21 heavy (non-hydrogen) atoms. The van der Waals surface area contributed by atoms with Crippen LogP contribution in [0.4, 0.5) is 9.18 Å². The summed E-state index contributed by atoms with van der Waals surface area (Å²) >= 11 is 0. The molecule has 0 aliphatic heterocycles. The van der Waals surface area contributed by atoms with Gasteiger partial charge >= 0.3 is 6.03 Å². The van der Waals surface area contributed by atoms with Crippen LogP contribution in [0.5, 0.6) is 0 Å². The van der Waals surface area contributed by atoms with Crippen LogP contribution in [0.25, 0.3) is 6.08 Å². The third-order valence-electron chi connectivity index (χ3n) is 3.06. The zero-order valence-electron chi connectivity index (χ0n) is 11.8. The first kappa shape index (κ1) is 14.8. The minimum Gasteiger partial charge on any atom is -0.334 e. The normalized spacial score (nSPS) is 10.6. The molecule has 0 aliphatic carbocycles. The van der Waals surface area contributed by atoms with Crippen LogP contribution < -0.4 is 10.6 Å². The van der Waals surface area contributed by atoms with Gasteiger partial charge in [0, 0.05) is 18.3 Å². The summed E-state index contributed by atoms with van der Waals surface area (Å²) in [5, 5.41) is 5.19. The average Bonchev–Trinajstić information content (AvgIpc) is 2.48. The van der Waals surface area contributed by atoms with Crippen LogP contribution in [0, 0.1) is 12.7 Å². The number of nitrogens with one attached hydrogen (secondary N) is 2. The Balaban J connectivity index is 1.83. The lowest BCUT2D eigenvalue weighted by Crippen LogP contribution is -2.31. The second-order valence-electron chi connectivity index (χ2n) is 4.61. The number of amides is 2. The van der Waals surface area contributed by atoms with Gasteiger partial charge in [-0.25, -0.2) is 9.18 Å². The first-order chi connectivity index (χ1) is 10.2. The van der Waals surface area contributed by atoms with Gasteiger partial charge in [0.2, 0.25) is 0 Å². The molecule has 2 rings (SSSR count). The van der Waals surface area contributed by atoms with Crippen LogP contribution >= 0.6 is 0 Å². The molecule has 0 radical (unpaired) electrons. The molecule has 2 N–H and O–H groups in total. The van der Waals surface area contributed by atoms with E-state index in [9.17, 15) is 9.18 Å². The molecule has 2 aromatic rings. The Kier molecular flexibility index (Phi) is 5.10. The van der Waals surface area contributed by atoms with Crippen LogP contribution in [-0.4, -0.2) is 6.03 Å². The summed E-state index contributed by atoms with van der Waals surface area (Å²) in [5.41, 5.74) is 2.62. The third-order valence-corrected chi connectivity index (χ3v) is 3.06. The van der Waals surface area contributed by atoms with Gasteiger partial charge in [-0.05, 0) is 30.2 Å². The second kappa shape index (κ2) is 7.24. The maximum Gasteiger partial charge on any atom is 0.319 e. The van der Waals surface area contributed by atoms with Crippen LogP contribution in [-0.2, 0) is 6.54 Å². The number of hydrogen-bond donors (Lipinski definition) is 2. The van der Waals surface area contributed by atoms with E-state index in [2.05, 4.69) is 10.6 Å².